The van der Waals surface area contributed by atoms with E-state index in [2.05, 4.69) is 0 Å². The van der Waals surface area contributed by atoms with Gasteiger partial charge in [0, 0.05) is 6.92 Å². The Kier molecular flexibility index (Phi) is 3.96. The van der Waals surface area contributed by atoms with E-state index in [9.17, 15) is 9.90 Å². The maximum atomic E-state index is 10.7. The monoisotopic (exact) mass is 184 g/mol. The van der Waals surface area contributed by atoms with E-state index in [1.54, 1.807) is 6.08 Å². The number of esters is 1. The third-order valence-corrected chi connectivity index (χ3v) is 2.13. The molecule has 0 amide bonds. The Morgan fingerprint density at radius 2 is 2.31 bits per heavy atom. The van der Waals surface area contributed by atoms with Gasteiger partial charge in [0.25, 0.3) is 0 Å². The van der Waals surface area contributed by atoms with E-state index in [0.717, 1.165) is 19.3 Å². The molecule has 0 radical (unpaired) electrons. The van der Waals surface area contributed by atoms with Crippen LogP contribution in [0.4, 0.5) is 0 Å². The van der Waals surface area contributed by atoms with Crippen LogP contribution in [0.5, 0.6) is 0 Å². The maximum absolute atomic E-state index is 10.7. The highest BCUT2D eigenvalue weighted by atomic mass is 16.6. The minimum Gasteiger partial charge on any atom is -0.456 e. The number of aliphatic hydroxyl groups excluding tert-OH is 1. The number of allylic oxidation sites excluding steroid dienone is 1. The minimum absolute atomic E-state index is 0.339. The predicted octanol–water partition coefficient (Wildman–Crippen LogP) is 1.41. The van der Waals surface area contributed by atoms with Gasteiger partial charge in [-0.05, 0) is 25.3 Å². The number of hydrogen-bond donors (Lipinski definition) is 1. The number of carbonyl (C=O) groups excluding carboxylic acids is 1. The van der Waals surface area contributed by atoms with Gasteiger partial charge in [-0.15, -0.1) is 0 Å². The van der Waals surface area contributed by atoms with Crippen LogP contribution in [0.2, 0.25) is 0 Å². The standard InChI is InChI=1S/C10H16O3/c1-8(11)13-10-7-5-3-2-4-6-9(10)12/h5,7,9-10,12H,2-4,6H2,1H3/b7-5-. The van der Waals surface area contributed by atoms with Gasteiger partial charge >= 0.3 is 5.97 Å². The molecule has 0 aliphatic heterocycles. The second-order valence-corrected chi connectivity index (χ2v) is 3.35. The van der Waals surface area contributed by atoms with Crippen molar-refractivity contribution in [3.8, 4) is 0 Å². The van der Waals surface area contributed by atoms with Crippen LogP contribution in [-0.4, -0.2) is 23.3 Å². The van der Waals surface area contributed by atoms with E-state index < -0.39 is 12.2 Å². The first-order chi connectivity index (χ1) is 6.20. The molecule has 1 aliphatic carbocycles. The van der Waals surface area contributed by atoms with Gasteiger partial charge in [-0.1, -0.05) is 12.5 Å². The second-order valence-electron chi connectivity index (χ2n) is 3.35. The van der Waals surface area contributed by atoms with Crippen molar-refractivity contribution >= 4 is 5.97 Å². The molecule has 0 saturated heterocycles. The summed E-state index contributed by atoms with van der Waals surface area (Å²) in [5, 5.41) is 9.59. The second kappa shape index (κ2) is 5.02. The lowest BCUT2D eigenvalue weighted by Gasteiger charge is -2.21. The Hall–Kier alpha value is -0.830. The van der Waals surface area contributed by atoms with Crippen molar-refractivity contribution in [1.29, 1.82) is 0 Å². The molecule has 0 spiro atoms. The molecule has 0 aromatic carbocycles. The van der Waals surface area contributed by atoms with Crippen LogP contribution in [0.15, 0.2) is 12.2 Å². The summed E-state index contributed by atoms with van der Waals surface area (Å²) in [5.74, 6) is -0.339. The summed E-state index contributed by atoms with van der Waals surface area (Å²) in [4.78, 5) is 10.7. The van der Waals surface area contributed by atoms with E-state index in [1.807, 2.05) is 6.08 Å². The van der Waals surface area contributed by atoms with E-state index in [1.165, 1.54) is 6.92 Å². The molecular formula is C10H16O3. The topological polar surface area (TPSA) is 46.5 Å². The van der Waals surface area contributed by atoms with Crippen molar-refractivity contribution in [2.75, 3.05) is 0 Å². The van der Waals surface area contributed by atoms with Crippen molar-refractivity contribution in [3.63, 3.8) is 0 Å². The lowest BCUT2D eigenvalue weighted by atomic mass is 10.0. The van der Waals surface area contributed by atoms with Gasteiger partial charge in [-0.2, -0.15) is 0 Å². The molecule has 0 saturated carbocycles. The molecule has 13 heavy (non-hydrogen) atoms. The third kappa shape index (κ3) is 3.59. The zero-order valence-corrected chi connectivity index (χ0v) is 7.90. The summed E-state index contributed by atoms with van der Waals surface area (Å²) in [7, 11) is 0. The molecule has 0 fully saturated rings. The molecule has 2 unspecified atom stereocenters. The van der Waals surface area contributed by atoms with Crippen LogP contribution < -0.4 is 0 Å². The third-order valence-electron chi connectivity index (χ3n) is 2.13. The number of ether oxygens (including phenoxy) is 1. The van der Waals surface area contributed by atoms with E-state index in [4.69, 9.17) is 4.74 Å². The first-order valence-electron chi connectivity index (χ1n) is 4.72. The van der Waals surface area contributed by atoms with Crippen molar-refractivity contribution in [1.82, 2.24) is 0 Å². The van der Waals surface area contributed by atoms with E-state index >= 15 is 0 Å². The first-order valence-corrected chi connectivity index (χ1v) is 4.72. The predicted molar refractivity (Wildman–Crippen MR) is 49.2 cm³/mol. The van der Waals surface area contributed by atoms with Gasteiger partial charge in [0.05, 0.1) is 6.10 Å². The molecule has 0 aromatic rings. The summed E-state index contributed by atoms with van der Waals surface area (Å²) in [6, 6.07) is 0. The van der Waals surface area contributed by atoms with Crippen molar-refractivity contribution in [2.24, 2.45) is 0 Å². The summed E-state index contributed by atoms with van der Waals surface area (Å²) in [6.07, 6.45) is 6.57. The normalized spacial score (nSPS) is 31.5. The summed E-state index contributed by atoms with van der Waals surface area (Å²) in [5.41, 5.74) is 0. The molecule has 2 atom stereocenters. The number of hydrogen-bond acceptors (Lipinski definition) is 3. The lowest BCUT2D eigenvalue weighted by Crippen LogP contribution is -2.29. The number of rotatable bonds is 1. The Bertz CT molecular complexity index is 198. The van der Waals surface area contributed by atoms with Crippen LogP contribution in [0, 0.1) is 0 Å². The quantitative estimate of drug-likeness (QED) is 0.495. The summed E-state index contributed by atoms with van der Waals surface area (Å²) in [6.45, 7) is 1.36. The smallest absolute Gasteiger partial charge is 0.303 e. The SMILES string of the molecule is CC(=O)OC1/C=C\CCCCC1O. The van der Waals surface area contributed by atoms with Crippen LogP contribution in [0.1, 0.15) is 32.6 Å². The van der Waals surface area contributed by atoms with Gasteiger partial charge in [-0.3, -0.25) is 4.79 Å². The summed E-state index contributed by atoms with van der Waals surface area (Å²) < 4.78 is 4.96. The average Bonchev–Trinajstić information content (AvgIpc) is 2.04. The van der Waals surface area contributed by atoms with Crippen LogP contribution in [0.25, 0.3) is 0 Å². The Morgan fingerprint density at radius 1 is 1.54 bits per heavy atom. The van der Waals surface area contributed by atoms with Crippen LogP contribution in [-0.2, 0) is 9.53 Å². The van der Waals surface area contributed by atoms with Gasteiger partial charge < -0.3 is 9.84 Å². The zero-order chi connectivity index (χ0) is 9.68. The van der Waals surface area contributed by atoms with Gasteiger partial charge in [0.2, 0.25) is 0 Å². The molecule has 1 N–H and O–H groups in total. The lowest BCUT2D eigenvalue weighted by molar-refractivity contribution is -0.149. The fraction of sp³-hybridized carbons (Fsp3) is 0.700. The van der Waals surface area contributed by atoms with Gasteiger partial charge in [0.15, 0.2) is 0 Å². The first kappa shape index (κ1) is 10.3. The van der Waals surface area contributed by atoms with Crippen molar-refractivity contribution < 1.29 is 14.6 Å². The van der Waals surface area contributed by atoms with Crippen LogP contribution in [0.3, 0.4) is 0 Å². The molecule has 3 nitrogen and oxygen atoms in total. The average molecular weight is 184 g/mol. The minimum atomic E-state index is -0.541. The Labute approximate surface area is 78.4 Å². The molecule has 0 aromatic heterocycles. The number of aliphatic hydroxyl groups is 1. The van der Waals surface area contributed by atoms with Gasteiger partial charge in [-0.25, -0.2) is 0 Å². The highest BCUT2D eigenvalue weighted by Crippen LogP contribution is 2.15. The Balaban J connectivity index is 2.54. The summed E-state index contributed by atoms with van der Waals surface area (Å²) >= 11 is 0. The molecular weight excluding hydrogens is 168 g/mol. The van der Waals surface area contributed by atoms with Crippen molar-refractivity contribution in [2.45, 2.75) is 44.8 Å². The fourth-order valence-electron chi connectivity index (χ4n) is 1.45. The fourth-order valence-corrected chi connectivity index (χ4v) is 1.45. The zero-order valence-electron chi connectivity index (χ0n) is 7.90. The molecule has 3 heteroatoms. The van der Waals surface area contributed by atoms with E-state index in [0.29, 0.717) is 6.42 Å². The molecule has 0 bridgehead atoms. The van der Waals surface area contributed by atoms with Gasteiger partial charge in [0.1, 0.15) is 6.10 Å². The molecule has 1 rings (SSSR count). The highest BCUT2D eigenvalue weighted by molar-refractivity contribution is 5.66. The van der Waals surface area contributed by atoms with E-state index in [-0.39, 0.29) is 5.97 Å². The maximum Gasteiger partial charge on any atom is 0.303 e. The Morgan fingerprint density at radius 3 is 3.00 bits per heavy atom. The molecule has 0 heterocycles. The highest BCUT2D eigenvalue weighted by Gasteiger charge is 2.19. The van der Waals surface area contributed by atoms with Crippen molar-refractivity contribution in [3.05, 3.63) is 12.2 Å². The molecule has 1 aliphatic rings. The molecule has 74 valence electrons. The number of carbonyl (C=O) groups is 1. The van der Waals surface area contributed by atoms with Crippen LogP contribution >= 0.6 is 0 Å². The largest absolute Gasteiger partial charge is 0.456 e.